The third kappa shape index (κ3) is 1.46. The standard InChI is InChI=1S/C12H15NO3/c1-7-5-9-10(6-8(7)2)16-4-3-12(9,13)11(14)15/h5-6H,3-4,13H2,1-2H3,(H,14,15). The Labute approximate surface area is 94.0 Å². The van der Waals surface area contributed by atoms with Crippen molar-refractivity contribution in [3.05, 3.63) is 28.8 Å². The Bertz CT molecular complexity index is 456. The summed E-state index contributed by atoms with van der Waals surface area (Å²) in [5.74, 6) is -0.403. The number of hydrogen-bond acceptors (Lipinski definition) is 3. The molecular weight excluding hydrogens is 206 g/mol. The van der Waals surface area contributed by atoms with E-state index in [1.807, 2.05) is 26.0 Å². The Morgan fingerprint density at radius 3 is 2.69 bits per heavy atom. The van der Waals surface area contributed by atoms with Crippen LogP contribution in [-0.4, -0.2) is 17.7 Å². The number of nitrogens with two attached hydrogens (primary N) is 1. The lowest BCUT2D eigenvalue weighted by molar-refractivity contribution is -0.144. The highest BCUT2D eigenvalue weighted by Crippen LogP contribution is 2.37. The van der Waals surface area contributed by atoms with Crippen molar-refractivity contribution < 1.29 is 14.6 Å². The van der Waals surface area contributed by atoms with Gasteiger partial charge in [0.2, 0.25) is 0 Å². The van der Waals surface area contributed by atoms with Crippen LogP contribution in [0, 0.1) is 13.8 Å². The van der Waals surface area contributed by atoms with E-state index in [2.05, 4.69) is 0 Å². The van der Waals surface area contributed by atoms with Crippen LogP contribution in [-0.2, 0) is 10.3 Å². The van der Waals surface area contributed by atoms with Crippen molar-refractivity contribution >= 4 is 5.97 Å². The molecule has 0 fully saturated rings. The van der Waals surface area contributed by atoms with Gasteiger partial charge in [0.15, 0.2) is 0 Å². The monoisotopic (exact) mass is 221 g/mol. The van der Waals surface area contributed by atoms with Gasteiger partial charge in [-0.1, -0.05) is 0 Å². The quantitative estimate of drug-likeness (QED) is 0.750. The van der Waals surface area contributed by atoms with Gasteiger partial charge in [0.05, 0.1) is 6.61 Å². The molecule has 1 aliphatic rings. The lowest BCUT2D eigenvalue weighted by Crippen LogP contribution is -2.48. The number of carboxylic acids is 1. The fraction of sp³-hybridized carbons (Fsp3) is 0.417. The average Bonchev–Trinajstić information content (AvgIpc) is 2.21. The minimum absolute atomic E-state index is 0.303. The zero-order valence-corrected chi connectivity index (χ0v) is 9.41. The number of ether oxygens (including phenoxy) is 1. The van der Waals surface area contributed by atoms with Crippen molar-refractivity contribution in [2.45, 2.75) is 25.8 Å². The van der Waals surface area contributed by atoms with Crippen LogP contribution in [0.3, 0.4) is 0 Å². The minimum Gasteiger partial charge on any atom is -0.493 e. The number of aliphatic carboxylic acids is 1. The second-order valence-electron chi connectivity index (χ2n) is 4.31. The molecule has 1 aromatic rings. The maximum absolute atomic E-state index is 11.3. The van der Waals surface area contributed by atoms with Gasteiger partial charge in [0.1, 0.15) is 11.3 Å². The van der Waals surface area contributed by atoms with Gasteiger partial charge in [0.25, 0.3) is 0 Å². The summed E-state index contributed by atoms with van der Waals surface area (Å²) in [6.45, 7) is 4.25. The summed E-state index contributed by atoms with van der Waals surface area (Å²) in [4.78, 5) is 11.3. The summed E-state index contributed by atoms with van der Waals surface area (Å²) < 4.78 is 5.46. The summed E-state index contributed by atoms with van der Waals surface area (Å²) >= 11 is 0. The van der Waals surface area contributed by atoms with E-state index in [4.69, 9.17) is 10.5 Å². The van der Waals surface area contributed by atoms with Crippen LogP contribution in [0.4, 0.5) is 0 Å². The normalized spacial score (nSPS) is 23.4. The van der Waals surface area contributed by atoms with Crippen molar-refractivity contribution in [3.8, 4) is 5.75 Å². The number of hydrogen-bond donors (Lipinski definition) is 2. The first kappa shape index (κ1) is 11.0. The molecular formula is C12H15NO3. The molecule has 1 unspecified atom stereocenters. The van der Waals surface area contributed by atoms with Crippen LogP contribution in [0.1, 0.15) is 23.1 Å². The topological polar surface area (TPSA) is 72.6 Å². The molecule has 2 rings (SSSR count). The van der Waals surface area contributed by atoms with E-state index >= 15 is 0 Å². The zero-order valence-electron chi connectivity index (χ0n) is 9.41. The second kappa shape index (κ2) is 3.49. The summed E-state index contributed by atoms with van der Waals surface area (Å²) in [5, 5.41) is 9.22. The third-order valence-corrected chi connectivity index (χ3v) is 3.21. The molecule has 1 aromatic carbocycles. The molecule has 16 heavy (non-hydrogen) atoms. The fourth-order valence-corrected chi connectivity index (χ4v) is 1.94. The molecule has 1 atom stereocenters. The van der Waals surface area contributed by atoms with Crippen molar-refractivity contribution in [3.63, 3.8) is 0 Å². The Morgan fingerprint density at radius 2 is 2.06 bits per heavy atom. The average molecular weight is 221 g/mol. The Morgan fingerprint density at radius 1 is 1.44 bits per heavy atom. The number of rotatable bonds is 1. The molecule has 0 saturated heterocycles. The molecule has 4 nitrogen and oxygen atoms in total. The molecule has 0 radical (unpaired) electrons. The van der Waals surface area contributed by atoms with Crippen molar-refractivity contribution in [2.75, 3.05) is 6.61 Å². The maximum atomic E-state index is 11.3. The third-order valence-electron chi connectivity index (χ3n) is 3.21. The van der Waals surface area contributed by atoms with Gasteiger partial charge in [-0.2, -0.15) is 0 Å². The first-order chi connectivity index (χ1) is 7.45. The maximum Gasteiger partial charge on any atom is 0.328 e. The number of benzene rings is 1. The molecule has 0 saturated carbocycles. The number of carboxylic acid groups (broad SMARTS) is 1. The van der Waals surface area contributed by atoms with Gasteiger partial charge in [0, 0.05) is 12.0 Å². The van der Waals surface area contributed by atoms with Gasteiger partial charge in [-0.3, -0.25) is 0 Å². The fourth-order valence-electron chi connectivity index (χ4n) is 1.94. The van der Waals surface area contributed by atoms with Crippen LogP contribution >= 0.6 is 0 Å². The number of aryl methyl sites for hydroxylation is 2. The first-order valence-electron chi connectivity index (χ1n) is 5.22. The molecule has 4 heteroatoms. The SMILES string of the molecule is Cc1cc2c(cc1C)C(N)(C(=O)O)CCO2. The second-order valence-corrected chi connectivity index (χ2v) is 4.31. The van der Waals surface area contributed by atoms with Crippen LogP contribution in [0.25, 0.3) is 0 Å². The van der Waals surface area contributed by atoms with Crippen LogP contribution in [0.5, 0.6) is 5.75 Å². The van der Waals surface area contributed by atoms with Crippen molar-refractivity contribution in [1.82, 2.24) is 0 Å². The van der Waals surface area contributed by atoms with E-state index in [0.717, 1.165) is 11.1 Å². The molecule has 0 spiro atoms. The van der Waals surface area contributed by atoms with Crippen LogP contribution < -0.4 is 10.5 Å². The number of carbonyl (C=O) groups is 1. The summed E-state index contributed by atoms with van der Waals surface area (Å²) in [7, 11) is 0. The molecule has 1 aliphatic heterocycles. The summed E-state index contributed by atoms with van der Waals surface area (Å²) in [5.41, 5.74) is 7.32. The largest absolute Gasteiger partial charge is 0.493 e. The molecule has 3 N–H and O–H groups in total. The lowest BCUT2D eigenvalue weighted by atomic mass is 9.84. The van der Waals surface area contributed by atoms with Gasteiger partial charge in [-0.15, -0.1) is 0 Å². The number of fused-ring (bicyclic) bond motifs is 1. The van der Waals surface area contributed by atoms with E-state index in [1.165, 1.54) is 0 Å². The summed E-state index contributed by atoms with van der Waals surface area (Å²) in [6.07, 6.45) is 0.303. The Balaban J connectivity index is 2.63. The zero-order chi connectivity index (χ0) is 11.9. The summed E-state index contributed by atoms with van der Waals surface area (Å²) in [6, 6.07) is 3.67. The minimum atomic E-state index is -1.31. The van der Waals surface area contributed by atoms with Gasteiger partial charge < -0.3 is 15.6 Å². The van der Waals surface area contributed by atoms with Crippen LogP contribution in [0.2, 0.25) is 0 Å². The van der Waals surface area contributed by atoms with Crippen LogP contribution in [0.15, 0.2) is 12.1 Å². The van der Waals surface area contributed by atoms with E-state index in [0.29, 0.717) is 24.3 Å². The van der Waals surface area contributed by atoms with E-state index < -0.39 is 11.5 Å². The predicted molar refractivity (Wildman–Crippen MR) is 59.5 cm³/mol. The molecule has 0 aliphatic carbocycles. The predicted octanol–water partition coefficient (Wildman–Crippen LogP) is 1.32. The highest BCUT2D eigenvalue weighted by Gasteiger charge is 2.41. The van der Waals surface area contributed by atoms with Crippen molar-refractivity contribution in [2.24, 2.45) is 5.73 Å². The van der Waals surface area contributed by atoms with Gasteiger partial charge in [-0.25, -0.2) is 4.79 Å². The van der Waals surface area contributed by atoms with Crippen molar-refractivity contribution in [1.29, 1.82) is 0 Å². The Kier molecular flexibility index (Phi) is 2.39. The smallest absolute Gasteiger partial charge is 0.328 e. The molecule has 0 aromatic heterocycles. The highest BCUT2D eigenvalue weighted by molar-refractivity contribution is 5.82. The molecule has 0 amide bonds. The Hall–Kier alpha value is -1.55. The lowest BCUT2D eigenvalue weighted by Gasteiger charge is -2.32. The van der Waals surface area contributed by atoms with Gasteiger partial charge in [-0.05, 0) is 37.1 Å². The molecule has 86 valence electrons. The first-order valence-corrected chi connectivity index (χ1v) is 5.22. The van der Waals surface area contributed by atoms with Gasteiger partial charge >= 0.3 is 5.97 Å². The molecule has 1 heterocycles. The van der Waals surface area contributed by atoms with E-state index in [1.54, 1.807) is 0 Å². The van der Waals surface area contributed by atoms with E-state index in [9.17, 15) is 9.90 Å². The highest BCUT2D eigenvalue weighted by atomic mass is 16.5. The molecule has 0 bridgehead atoms. The van der Waals surface area contributed by atoms with E-state index in [-0.39, 0.29) is 0 Å².